The van der Waals surface area contributed by atoms with Crippen LogP contribution in [-0.4, -0.2) is 28.6 Å². The van der Waals surface area contributed by atoms with Crippen molar-refractivity contribution in [3.8, 4) is 0 Å². The number of benzene rings is 3. The van der Waals surface area contributed by atoms with Gasteiger partial charge in [0.25, 0.3) is 5.91 Å². The highest BCUT2D eigenvalue weighted by molar-refractivity contribution is 9.10. The van der Waals surface area contributed by atoms with E-state index in [9.17, 15) is 19.5 Å². The molecule has 0 unspecified atom stereocenters. The number of aryl methyl sites for hydroxylation is 2. The van der Waals surface area contributed by atoms with Crippen LogP contribution in [0.5, 0.6) is 0 Å². The highest BCUT2D eigenvalue weighted by atomic mass is 79.9. The van der Waals surface area contributed by atoms with Crippen LogP contribution in [0.3, 0.4) is 0 Å². The van der Waals surface area contributed by atoms with Crippen molar-refractivity contribution in [2.45, 2.75) is 58.4 Å². The zero-order valence-electron chi connectivity index (χ0n) is 21.3. The Morgan fingerprint density at radius 2 is 1.51 bits per heavy atom. The van der Waals surface area contributed by atoms with Crippen LogP contribution >= 0.6 is 15.9 Å². The molecule has 0 bridgehead atoms. The highest BCUT2D eigenvalue weighted by Gasteiger charge is 2.43. The van der Waals surface area contributed by atoms with Crippen molar-refractivity contribution in [1.29, 1.82) is 0 Å². The van der Waals surface area contributed by atoms with E-state index in [1.165, 1.54) is 0 Å². The van der Waals surface area contributed by atoms with E-state index in [1.54, 1.807) is 19.1 Å². The molecule has 0 heterocycles. The maximum absolute atomic E-state index is 13.6. The second-order valence-electron chi connectivity index (χ2n) is 10.0. The first-order chi connectivity index (χ1) is 17.6. The van der Waals surface area contributed by atoms with Crippen LogP contribution in [0.25, 0.3) is 10.8 Å². The summed E-state index contributed by atoms with van der Waals surface area (Å²) in [5.74, 6) is -1.75. The summed E-state index contributed by atoms with van der Waals surface area (Å²) in [6.45, 7) is 5.39. The number of hydrogen-bond donors (Lipinski definition) is 4. The number of amides is 3. The van der Waals surface area contributed by atoms with E-state index in [2.05, 4.69) is 31.9 Å². The molecule has 0 aromatic heterocycles. The summed E-state index contributed by atoms with van der Waals surface area (Å²) in [6, 6.07) is 14.3. The minimum atomic E-state index is -1.41. The Balaban J connectivity index is 1.66. The second kappa shape index (κ2) is 10.9. The average molecular weight is 566 g/mol. The van der Waals surface area contributed by atoms with Crippen molar-refractivity contribution in [3.63, 3.8) is 0 Å². The van der Waals surface area contributed by atoms with Gasteiger partial charge in [-0.2, -0.15) is 0 Å². The van der Waals surface area contributed by atoms with Crippen molar-refractivity contribution >= 4 is 56.0 Å². The molecule has 4 N–H and O–H groups in total. The zero-order valence-corrected chi connectivity index (χ0v) is 22.9. The van der Waals surface area contributed by atoms with E-state index < -0.39 is 23.4 Å². The number of nitrogens with one attached hydrogen (secondary N) is 3. The summed E-state index contributed by atoms with van der Waals surface area (Å²) >= 11 is 3.46. The van der Waals surface area contributed by atoms with E-state index in [1.807, 2.05) is 50.2 Å². The summed E-state index contributed by atoms with van der Waals surface area (Å²) < 4.78 is 0.918. The summed E-state index contributed by atoms with van der Waals surface area (Å²) in [7, 11) is 0. The van der Waals surface area contributed by atoms with Gasteiger partial charge in [-0.15, -0.1) is 0 Å². The molecule has 0 saturated heterocycles. The largest absolute Gasteiger partial charge is 0.480 e. The number of anilines is 2. The van der Waals surface area contributed by atoms with Gasteiger partial charge in [-0.1, -0.05) is 59.5 Å². The molecule has 37 heavy (non-hydrogen) atoms. The second-order valence-corrected chi connectivity index (χ2v) is 11.0. The fraction of sp³-hybridized carbons (Fsp3) is 0.345. The van der Waals surface area contributed by atoms with Gasteiger partial charge in [-0.3, -0.25) is 4.79 Å². The van der Waals surface area contributed by atoms with Crippen LogP contribution in [0, 0.1) is 19.8 Å². The number of carbonyl (C=O) groups is 3. The lowest BCUT2D eigenvalue weighted by Crippen LogP contribution is -2.57. The van der Waals surface area contributed by atoms with E-state index in [0.29, 0.717) is 11.4 Å². The SMILES string of the molecule is Cc1cc(Br)cc(C)c1NC(=O)Nc1cc2ccccc2cc1C(=O)N[C@](C)(C(=O)O)C1CCCCC1. The monoisotopic (exact) mass is 565 g/mol. The molecule has 0 spiro atoms. The van der Waals surface area contributed by atoms with Crippen LogP contribution in [0.15, 0.2) is 53.0 Å². The number of carboxylic acid groups (broad SMARTS) is 1. The fourth-order valence-corrected chi connectivity index (χ4v) is 5.91. The molecule has 3 amide bonds. The van der Waals surface area contributed by atoms with Gasteiger partial charge in [0, 0.05) is 10.2 Å². The lowest BCUT2D eigenvalue weighted by molar-refractivity contribution is -0.146. The molecule has 8 heteroatoms. The molecule has 1 aliphatic carbocycles. The number of hydrogen-bond acceptors (Lipinski definition) is 3. The molecule has 1 atom stereocenters. The molecule has 3 aromatic rings. The van der Waals surface area contributed by atoms with Crippen molar-refractivity contribution < 1.29 is 19.5 Å². The number of halogens is 1. The molecular formula is C29H32BrN3O4. The maximum atomic E-state index is 13.6. The third-order valence-electron chi connectivity index (χ3n) is 7.35. The molecule has 3 aromatic carbocycles. The van der Waals surface area contributed by atoms with E-state index >= 15 is 0 Å². The minimum absolute atomic E-state index is 0.161. The molecular weight excluding hydrogens is 534 g/mol. The van der Waals surface area contributed by atoms with Crippen molar-refractivity contribution in [2.24, 2.45) is 5.92 Å². The van der Waals surface area contributed by atoms with E-state index in [0.717, 1.165) is 58.5 Å². The van der Waals surface area contributed by atoms with Crippen LogP contribution in [0.1, 0.15) is 60.5 Å². The number of aliphatic carboxylic acids is 1. The van der Waals surface area contributed by atoms with Gasteiger partial charge < -0.3 is 21.1 Å². The van der Waals surface area contributed by atoms with Gasteiger partial charge >= 0.3 is 12.0 Å². The first-order valence-electron chi connectivity index (χ1n) is 12.5. The standard InChI is InChI=1S/C29H32BrN3O4/c1-17-13-22(30)14-18(2)25(17)32-28(37)31-24-16-20-10-8-7-9-19(20)15-23(24)26(34)33-29(3,27(35)36)21-11-5-4-6-12-21/h7-10,13-16,21H,4-6,11-12H2,1-3H3,(H,33,34)(H,35,36)(H2,31,32,37)/t29-/m0/s1. The van der Waals surface area contributed by atoms with Gasteiger partial charge in [0.15, 0.2) is 0 Å². The molecule has 7 nitrogen and oxygen atoms in total. The average Bonchev–Trinajstić information content (AvgIpc) is 2.86. The van der Waals surface area contributed by atoms with E-state index in [-0.39, 0.29) is 11.5 Å². The predicted molar refractivity (Wildman–Crippen MR) is 150 cm³/mol. The van der Waals surface area contributed by atoms with Crippen LogP contribution in [0.2, 0.25) is 0 Å². The Hall–Kier alpha value is -3.39. The lowest BCUT2D eigenvalue weighted by Gasteiger charge is -2.37. The quantitative estimate of drug-likeness (QED) is 0.257. The first kappa shape index (κ1) is 26.7. The number of rotatable bonds is 6. The van der Waals surface area contributed by atoms with Gasteiger partial charge in [0.1, 0.15) is 5.54 Å². The molecule has 1 fully saturated rings. The predicted octanol–water partition coefficient (Wildman–Crippen LogP) is 7.02. The molecule has 0 radical (unpaired) electrons. The lowest BCUT2D eigenvalue weighted by atomic mass is 9.75. The Kier molecular flexibility index (Phi) is 7.87. The summed E-state index contributed by atoms with van der Waals surface area (Å²) in [5, 5.41) is 20.3. The normalized spacial score (nSPS) is 15.6. The number of fused-ring (bicyclic) bond motifs is 1. The third kappa shape index (κ3) is 5.80. The number of urea groups is 1. The smallest absolute Gasteiger partial charge is 0.329 e. The van der Waals surface area contributed by atoms with Gasteiger partial charge in [0.05, 0.1) is 11.3 Å². The minimum Gasteiger partial charge on any atom is -0.480 e. The molecule has 1 saturated carbocycles. The molecule has 194 valence electrons. The summed E-state index contributed by atoms with van der Waals surface area (Å²) in [6.07, 6.45) is 4.47. The summed E-state index contributed by atoms with van der Waals surface area (Å²) in [4.78, 5) is 39.0. The zero-order chi connectivity index (χ0) is 26.7. The molecule has 1 aliphatic rings. The van der Waals surface area contributed by atoms with Crippen LogP contribution in [0.4, 0.5) is 16.2 Å². The van der Waals surface area contributed by atoms with E-state index in [4.69, 9.17) is 0 Å². The maximum Gasteiger partial charge on any atom is 0.329 e. The van der Waals surface area contributed by atoms with Crippen molar-refractivity contribution in [3.05, 3.63) is 69.7 Å². The topological polar surface area (TPSA) is 108 Å². The van der Waals surface area contributed by atoms with Gasteiger partial charge in [-0.05, 0) is 85.7 Å². The Bertz CT molecular complexity index is 1340. The fourth-order valence-electron chi connectivity index (χ4n) is 5.22. The molecule has 0 aliphatic heterocycles. The first-order valence-corrected chi connectivity index (χ1v) is 13.3. The summed E-state index contributed by atoms with van der Waals surface area (Å²) in [5.41, 5.74) is 1.57. The Morgan fingerprint density at radius 3 is 2.11 bits per heavy atom. The third-order valence-corrected chi connectivity index (χ3v) is 7.81. The van der Waals surface area contributed by atoms with Crippen LogP contribution < -0.4 is 16.0 Å². The van der Waals surface area contributed by atoms with Crippen LogP contribution in [-0.2, 0) is 4.79 Å². The molecule has 4 rings (SSSR count). The number of carboxylic acids is 1. The Labute approximate surface area is 225 Å². The number of carbonyl (C=O) groups excluding carboxylic acids is 2. The van der Waals surface area contributed by atoms with Crippen molar-refractivity contribution in [2.75, 3.05) is 10.6 Å². The van der Waals surface area contributed by atoms with Crippen molar-refractivity contribution in [1.82, 2.24) is 5.32 Å². The van der Waals surface area contributed by atoms with Gasteiger partial charge in [0.2, 0.25) is 0 Å². The highest BCUT2D eigenvalue weighted by Crippen LogP contribution is 2.34. The van der Waals surface area contributed by atoms with Gasteiger partial charge in [-0.25, -0.2) is 9.59 Å². The Morgan fingerprint density at radius 1 is 0.919 bits per heavy atom.